The molecule has 7 nitrogen and oxygen atoms in total. The number of nitrogens with zero attached hydrogens (tertiary/aromatic N) is 1. The molecule has 0 saturated heterocycles. The van der Waals surface area contributed by atoms with Gasteiger partial charge in [-0.1, -0.05) is 51.2 Å². The van der Waals surface area contributed by atoms with Crippen molar-refractivity contribution >= 4 is 23.3 Å². The van der Waals surface area contributed by atoms with Crippen molar-refractivity contribution < 1.29 is 24.2 Å². The number of likely N-dealkylation sites (N-methyl/N-ethyl adjacent to an activating group) is 1. The minimum atomic E-state index is -0.490. The van der Waals surface area contributed by atoms with E-state index in [1.54, 1.807) is 44.3 Å². The quantitative estimate of drug-likeness (QED) is 0.293. The van der Waals surface area contributed by atoms with Crippen LogP contribution in [0.2, 0.25) is 0 Å². The van der Waals surface area contributed by atoms with Crippen molar-refractivity contribution in [3.8, 4) is 11.5 Å². The number of esters is 1. The van der Waals surface area contributed by atoms with Crippen molar-refractivity contribution in [1.29, 1.82) is 0 Å². The van der Waals surface area contributed by atoms with E-state index in [9.17, 15) is 14.7 Å². The highest BCUT2D eigenvalue weighted by Crippen LogP contribution is 2.27. The molecule has 0 fully saturated rings. The van der Waals surface area contributed by atoms with Crippen LogP contribution >= 0.6 is 0 Å². The Kier molecular flexibility index (Phi) is 11.1. The number of unbranched alkanes of at least 4 members (excludes halogenated alkanes) is 5. The number of carbonyl (C=O) groups is 2. The second-order valence-corrected chi connectivity index (χ2v) is 7.86. The molecule has 2 aromatic carbocycles. The maximum atomic E-state index is 12.8. The zero-order valence-electron chi connectivity index (χ0n) is 19.9. The molecule has 0 atom stereocenters. The molecule has 33 heavy (non-hydrogen) atoms. The number of hydrogen-bond donors (Lipinski definition) is 2. The number of hydrogen-bond acceptors (Lipinski definition) is 6. The Hall–Kier alpha value is -3.22. The molecule has 0 saturated carbocycles. The predicted octanol–water partition coefficient (Wildman–Crippen LogP) is 5.38. The lowest BCUT2D eigenvalue weighted by molar-refractivity contribution is -0.120. The van der Waals surface area contributed by atoms with Crippen molar-refractivity contribution in [3.63, 3.8) is 0 Å². The standard InChI is InChI=1S/C26H36N2O5/c1-4-6-7-8-9-12-17-27-20-15-16-21(26(31)32-5-2)22(18-20)28(3)25(30)19-33-24-14-11-10-13-23(24)29/h10-11,13-16,18,27,29H,4-9,12,17,19H2,1-3H3. The molecule has 0 heterocycles. The fourth-order valence-corrected chi connectivity index (χ4v) is 3.39. The van der Waals surface area contributed by atoms with Crippen LogP contribution in [0.4, 0.5) is 11.4 Å². The smallest absolute Gasteiger partial charge is 0.340 e. The van der Waals surface area contributed by atoms with Gasteiger partial charge in [0.05, 0.1) is 17.9 Å². The van der Waals surface area contributed by atoms with E-state index in [1.165, 1.54) is 43.1 Å². The predicted molar refractivity (Wildman–Crippen MR) is 131 cm³/mol. The molecule has 0 aliphatic heterocycles. The third kappa shape index (κ3) is 8.33. The van der Waals surface area contributed by atoms with Gasteiger partial charge in [-0.2, -0.15) is 0 Å². The maximum absolute atomic E-state index is 12.8. The number of anilines is 2. The molecule has 2 aromatic rings. The first-order chi connectivity index (χ1) is 16.0. The van der Waals surface area contributed by atoms with Gasteiger partial charge in [0.25, 0.3) is 5.91 Å². The summed E-state index contributed by atoms with van der Waals surface area (Å²) < 4.78 is 10.6. The van der Waals surface area contributed by atoms with Gasteiger partial charge < -0.3 is 24.8 Å². The van der Waals surface area contributed by atoms with Crippen LogP contribution < -0.4 is 15.0 Å². The molecule has 0 radical (unpaired) electrons. The molecule has 0 unspecified atom stereocenters. The molecule has 0 bridgehead atoms. The van der Waals surface area contributed by atoms with E-state index < -0.39 is 5.97 Å². The lowest BCUT2D eigenvalue weighted by Gasteiger charge is -2.21. The molecule has 2 N–H and O–H groups in total. The molecule has 0 aromatic heterocycles. The average Bonchev–Trinajstić information content (AvgIpc) is 2.82. The third-order valence-corrected chi connectivity index (χ3v) is 5.30. The summed E-state index contributed by atoms with van der Waals surface area (Å²) in [7, 11) is 1.59. The highest BCUT2D eigenvalue weighted by Gasteiger charge is 2.21. The Morgan fingerprint density at radius 2 is 1.73 bits per heavy atom. The van der Waals surface area contributed by atoms with Crippen LogP contribution in [0, 0.1) is 0 Å². The van der Waals surface area contributed by atoms with Crippen molar-refractivity contribution in [2.75, 3.05) is 37.0 Å². The van der Waals surface area contributed by atoms with Crippen LogP contribution in [0.3, 0.4) is 0 Å². The van der Waals surface area contributed by atoms with Gasteiger partial charge in [0.1, 0.15) is 0 Å². The summed E-state index contributed by atoms with van der Waals surface area (Å²) in [4.78, 5) is 26.7. The number of phenols is 1. The van der Waals surface area contributed by atoms with Crippen molar-refractivity contribution in [1.82, 2.24) is 0 Å². The molecule has 1 amide bonds. The van der Waals surface area contributed by atoms with Gasteiger partial charge >= 0.3 is 5.97 Å². The van der Waals surface area contributed by atoms with E-state index in [2.05, 4.69) is 12.2 Å². The number of para-hydroxylation sites is 2. The van der Waals surface area contributed by atoms with E-state index in [1.807, 2.05) is 6.07 Å². The highest BCUT2D eigenvalue weighted by molar-refractivity contribution is 6.03. The minimum Gasteiger partial charge on any atom is -0.504 e. The molecule has 0 spiro atoms. The number of carbonyl (C=O) groups excluding carboxylic acids is 2. The largest absolute Gasteiger partial charge is 0.504 e. The summed E-state index contributed by atoms with van der Waals surface area (Å²) in [5.74, 6) is -0.673. The number of phenolic OH excluding ortho intramolecular Hbond substituents is 1. The lowest BCUT2D eigenvalue weighted by atomic mass is 10.1. The zero-order valence-corrected chi connectivity index (χ0v) is 19.9. The van der Waals surface area contributed by atoms with Gasteiger partial charge in [0.2, 0.25) is 0 Å². The lowest BCUT2D eigenvalue weighted by Crippen LogP contribution is -2.32. The van der Waals surface area contributed by atoms with E-state index in [0.717, 1.165) is 18.7 Å². The van der Waals surface area contributed by atoms with Crippen molar-refractivity contribution in [2.24, 2.45) is 0 Å². The summed E-state index contributed by atoms with van der Waals surface area (Å²) in [5.41, 5.74) is 1.57. The van der Waals surface area contributed by atoms with Crippen molar-refractivity contribution in [3.05, 3.63) is 48.0 Å². The molecule has 180 valence electrons. The summed E-state index contributed by atoms with van der Waals surface area (Å²) in [6.07, 6.45) is 7.24. The minimum absolute atomic E-state index is 0.0407. The molecular formula is C26H36N2O5. The number of rotatable bonds is 14. The third-order valence-electron chi connectivity index (χ3n) is 5.30. The van der Waals surface area contributed by atoms with Crippen LogP contribution in [-0.2, 0) is 9.53 Å². The van der Waals surface area contributed by atoms with Gasteiger partial charge in [0, 0.05) is 19.3 Å². The molecule has 2 rings (SSSR count). The molecule has 7 heteroatoms. The maximum Gasteiger partial charge on any atom is 0.340 e. The number of aromatic hydroxyl groups is 1. The number of ether oxygens (including phenoxy) is 2. The fraction of sp³-hybridized carbons (Fsp3) is 0.462. The second-order valence-electron chi connectivity index (χ2n) is 7.86. The second kappa shape index (κ2) is 14.0. The first-order valence-electron chi connectivity index (χ1n) is 11.7. The monoisotopic (exact) mass is 456 g/mol. The van der Waals surface area contributed by atoms with Crippen LogP contribution in [0.15, 0.2) is 42.5 Å². The Morgan fingerprint density at radius 1 is 1.00 bits per heavy atom. The molecule has 0 aliphatic carbocycles. The van der Waals surface area contributed by atoms with Crippen LogP contribution in [0.25, 0.3) is 0 Å². The summed E-state index contributed by atoms with van der Waals surface area (Å²) in [6.45, 7) is 4.72. The van der Waals surface area contributed by atoms with Crippen LogP contribution in [-0.4, -0.2) is 43.8 Å². The Balaban J connectivity index is 2.06. The zero-order chi connectivity index (χ0) is 24.1. The molecule has 0 aliphatic rings. The molecular weight excluding hydrogens is 420 g/mol. The SMILES string of the molecule is CCCCCCCCNc1ccc(C(=O)OCC)c(N(C)C(=O)COc2ccccc2O)c1. The van der Waals surface area contributed by atoms with E-state index in [0.29, 0.717) is 11.3 Å². The first-order valence-corrected chi connectivity index (χ1v) is 11.7. The van der Waals surface area contributed by atoms with Gasteiger partial charge in [-0.25, -0.2) is 4.79 Å². The highest BCUT2D eigenvalue weighted by atomic mass is 16.5. The number of amides is 1. The number of nitrogens with one attached hydrogen (secondary N) is 1. The van der Waals surface area contributed by atoms with Crippen molar-refractivity contribution in [2.45, 2.75) is 52.4 Å². The van der Waals surface area contributed by atoms with Crippen LogP contribution in [0.1, 0.15) is 62.7 Å². The average molecular weight is 457 g/mol. The van der Waals surface area contributed by atoms with Crippen LogP contribution in [0.5, 0.6) is 11.5 Å². The van der Waals surface area contributed by atoms with E-state index in [4.69, 9.17) is 9.47 Å². The normalized spacial score (nSPS) is 10.5. The van der Waals surface area contributed by atoms with Gasteiger partial charge in [-0.15, -0.1) is 0 Å². The summed E-state index contributed by atoms with van der Waals surface area (Å²) in [5, 5.41) is 13.2. The fourth-order valence-electron chi connectivity index (χ4n) is 3.39. The van der Waals surface area contributed by atoms with E-state index >= 15 is 0 Å². The Bertz CT molecular complexity index is 900. The Morgan fingerprint density at radius 3 is 2.45 bits per heavy atom. The Labute approximate surface area is 196 Å². The number of benzene rings is 2. The first kappa shape index (κ1) is 26.0. The van der Waals surface area contributed by atoms with Gasteiger partial charge in [-0.3, -0.25) is 4.79 Å². The summed E-state index contributed by atoms with van der Waals surface area (Å²) in [6, 6.07) is 11.7. The van der Waals surface area contributed by atoms with Gasteiger partial charge in [0.15, 0.2) is 18.1 Å². The van der Waals surface area contributed by atoms with Gasteiger partial charge in [-0.05, 0) is 43.7 Å². The van der Waals surface area contributed by atoms with E-state index in [-0.39, 0.29) is 30.6 Å². The summed E-state index contributed by atoms with van der Waals surface area (Å²) >= 11 is 0. The topological polar surface area (TPSA) is 88.1 Å².